The molecule has 0 aliphatic rings. The molecule has 0 N–H and O–H groups in total. The minimum atomic E-state index is -1.13. The minimum Gasteiger partial charge on any atom is -0.0997 e. The van der Waals surface area contributed by atoms with Crippen molar-refractivity contribution in [1.29, 1.82) is 0 Å². The molecule has 0 amide bonds. The summed E-state index contributed by atoms with van der Waals surface area (Å²) in [6.07, 6.45) is 0. The summed E-state index contributed by atoms with van der Waals surface area (Å²) in [5.41, 5.74) is 0. The second-order valence-electron chi connectivity index (χ2n) is 10.9. The van der Waals surface area contributed by atoms with Gasteiger partial charge in [0.15, 0.2) is 0 Å². The zero-order chi connectivity index (χ0) is 19.1. The van der Waals surface area contributed by atoms with Crippen LogP contribution in [0.1, 0.15) is 0 Å². The molecule has 1 rings (SSSR count). The van der Waals surface area contributed by atoms with E-state index in [0.717, 1.165) is 0 Å². The lowest BCUT2D eigenvalue weighted by Crippen LogP contribution is -2.39. The summed E-state index contributed by atoms with van der Waals surface area (Å²) in [7, 11) is -4.36. The van der Waals surface area contributed by atoms with E-state index in [1.165, 1.54) is 0 Å². The molecule has 1 aromatic carbocycles. The topological polar surface area (TPSA) is 0 Å². The van der Waals surface area contributed by atoms with E-state index in [4.69, 9.17) is 0 Å². The zero-order valence-electron chi connectivity index (χ0n) is 18.2. The lowest BCUT2D eigenvalue weighted by atomic mass is 10.4. The maximum absolute atomic E-state index is 2.59. The normalized spacial score (nSPS) is 14.6. The van der Waals surface area contributed by atoms with E-state index >= 15 is 0 Å². The SMILES string of the molecule is C[Si](C)(C)P(c1ccc(P([Si](C)(C)C)[Si](C)(C)C)cc1)[Si](C)(C)C. The van der Waals surface area contributed by atoms with Gasteiger partial charge in [0.05, 0.1) is 31.0 Å². The van der Waals surface area contributed by atoms with Gasteiger partial charge in [-0.25, -0.2) is 0 Å². The third-order valence-corrected chi connectivity index (χ3v) is 54.4. The van der Waals surface area contributed by atoms with Crippen LogP contribution in [-0.4, -0.2) is 31.0 Å². The van der Waals surface area contributed by atoms with Gasteiger partial charge in [0, 0.05) is 0 Å². The molecule has 0 bridgehead atoms. The molecule has 0 fully saturated rings. The molecule has 0 nitrogen and oxygen atoms in total. The molecule has 138 valence electrons. The van der Waals surface area contributed by atoms with Crippen LogP contribution in [-0.2, 0) is 0 Å². The van der Waals surface area contributed by atoms with Gasteiger partial charge in [-0.05, 0) is 10.6 Å². The summed E-state index contributed by atoms with van der Waals surface area (Å²) in [5.74, 6) is 0. The zero-order valence-corrected chi connectivity index (χ0v) is 24.0. The van der Waals surface area contributed by atoms with Crippen molar-refractivity contribution in [3.8, 4) is 0 Å². The summed E-state index contributed by atoms with van der Waals surface area (Å²) >= 11 is 0. The lowest BCUT2D eigenvalue weighted by molar-refractivity contribution is 1.79. The molecule has 0 spiro atoms. The molecule has 0 unspecified atom stereocenters. The summed E-state index contributed by atoms with van der Waals surface area (Å²) in [4.78, 5) is 0. The highest BCUT2D eigenvalue weighted by molar-refractivity contribution is 8.23. The van der Waals surface area contributed by atoms with E-state index in [0.29, 0.717) is 0 Å². The Labute approximate surface area is 158 Å². The van der Waals surface area contributed by atoms with Crippen molar-refractivity contribution in [2.45, 2.75) is 78.6 Å². The van der Waals surface area contributed by atoms with Crippen LogP contribution in [0.4, 0.5) is 0 Å². The average molecular weight is 431 g/mol. The first-order chi connectivity index (χ1) is 10.5. The number of rotatable bonds is 6. The van der Waals surface area contributed by atoms with Crippen molar-refractivity contribution < 1.29 is 0 Å². The molecule has 0 saturated heterocycles. The fourth-order valence-electron chi connectivity index (χ4n) is 4.31. The van der Waals surface area contributed by atoms with Gasteiger partial charge in [-0.15, -0.1) is 0 Å². The maximum atomic E-state index is 2.59. The van der Waals surface area contributed by atoms with Gasteiger partial charge in [0.1, 0.15) is 0 Å². The summed E-state index contributed by atoms with van der Waals surface area (Å²) in [6, 6.07) is 10.2. The lowest BCUT2D eigenvalue weighted by Gasteiger charge is -2.41. The minimum absolute atomic E-state index is 0.0819. The predicted molar refractivity (Wildman–Crippen MR) is 133 cm³/mol. The monoisotopic (exact) mass is 430 g/mol. The van der Waals surface area contributed by atoms with Gasteiger partial charge in [-0.2, -0.15) is 0 Å². The second kappa shape index (κ2) is 7.52. The van der Waals surface area contributed by atoms with Crippen LogP contribution in [0, 0.1) is 0 Å². The van der Waals surface area contributed by atoms with E-state index in [9.17, 15) is 0 Å². The highest BCUT2D eigenvalue weighted by atomic mass is 31.6. The predicted octanol–water partition coefficient (Wildman–Crippen LogP) is 7.24. The van der Waals surface area contributed by atoms with Crippen molar-refractivity contribution in [3.05, 3.63) is 24.3 Å². The first kappa shape index (κ1) is 23.0. The van der Waals surface area contributed by atoms with Gasteiger partial charge in [0.2, 0.25) is 0 Å². The smallest absolute Gasteiger partial charge is 0.0730 e. The van der Waals surface area contributed by atoms with Crippen molar-refractivity contribution in [3.63, 3.8) is 0 Å². The molecule has 0 aromatic heterocycles. The fourth-order valence-corrected chi connectivity index (χ4v) is 71.7. The number of hydrogen-bond donors (Lipinski definition) is 0. The van der Waals surface area contributed by atoms with Crippen LogP contribution in [0.25, 0.3) is 0 Å². The molecule has 0 aliphatic heterocycles. The molecule has 24 heavy (non-hydrogen) atoms. The molecular weight excluding hydrogens is 390 g/mol. The molecule has 0 saturated carbocycles. The Morgan fingerprint density at radius 3 is 0.708 bits per heavy atom. The first-order valence-electron chi connectivity index (χ1n) is 9.16. The molecule has 0 radical (unpaired) electrons. The summed E-state index contributed by atoms with van der Waals surface area (Å²) < 4.78 is 0. The summed E-state index contributed by atoms with van der Waals surface area (Å²) in [5, 5.41) is 3.40. The van der Waals surface area contributed by atoms with Gasteiger partial charge >= 0.3 is 0 Å². The van der Waals surface area contributed by atoms with E-state index in [1.807, 2.05) is 0 Å². The Hall–Kier alpha value is 0.948. The third kappa shape index (κ3) is 5.99. The Kier molecular flexibility index (Phi) is 7.20. The Bertz CT molecular complexity index is 464. The van der Waals surface area contributed by atoms with Gasteiger partial charge in [0.25, 0.3) is 0 Å². The number of benzene rings is 1. The molecule has 0 aliphatic carbocycles. The Balaban J connectivity index is 3.34. The van der Waals surface area contributed by atoms with E-state index in [2.05, 4.69) is 103 Å². The van der Waals surface area contributed by atoms with Crippen LogP contribution >= 0.6 is 14.0 Å². The molecule has 1 aromatic rings. The van der Waals surface area contributed by atoms with Crippen LogP contribution in [0.5, 0.6) is 0 Å². The molecule has 0 atom stereocenters. The summed E-state index contributed by atoms with van der Waals surface area (Å²) in [6.45, 7) is 31.0. The second-order valence-corrected chi connectivity index (χ2v) is 54.8. The Morgan fingerprint density at radius 2 is 0.583 bits per heavy atom. The number of hydrogen-bond acceptors (Lipinski definition) is 0. The highest BCUT2D eigenvalue weighted by Crippen LogP contribution is 2.55. The Morgan fingerprint density at radius 1 is 0.417 bits per heavy atom. The largest absolute Gasteiger partial charge is 0.0997 e. The third-order valence-electron chi connectivity index (χ3n) is 4.05. The quantitative estimate of drug-likeness (QED) is 0.329. The van der Waals surface area contributed by atoms with E-state index < -0.39 is 31.0 Å². The van der Waals surface area contributed by atoms with Crippen LogP contribution < -0.4 is 10.6 Å². The van der Waals surface area contributed by atoms with Crippen LogP contribution in [0.15, 0.2) is 24.3 Å². The maximum Gasteiger partial charge on any atom is 0.0730 e. The van der Waals surface area contributed by atoms with Gasteiger partial charge in [-0.3, -0.25) is 0 Å². The van der Waals surface area contributed by atoms with Crippen molar-refractivity contribution >= 4 is 55.6 Å². The van der Waals surface area contributed by atoms with Crippen LogP contribution in [0.2, 0.25) is 78.6 Å². The standard InChI is InChI=1S/C18H40P2Si4/c1-21(2,3)19(22(4,5)6)17-13-15-18(16-14-17)20(23(7,8)9)24(10,11)12/h13-16H,1-12H3. The van der Waals surface area contributed by atoms with Crippen molar-refractivity contribution in [2.24, 2.45) is 0 Å². The molecular formula is C18H40P2Si4. The van der Waals surface area contributed by atoms with Crippen molar-refractivity contribution in [1.82, 2.24) is 0 Å². The first-order valence-corrected chi connectivity index (χ1v) is 29.2. The van der Waals surface area contributed by atoms with E-state index in [-0.39, 0.29) is 14.0 Å². The average Bonchev–Trinajstić information content (AvgIpc) is 2.23. The van der Waals surface area contributed by atoms with Crippen LogP contribution in [0.3, 0.4) is 0 Å². The van der Waals surface area contributed by atoms with Gasteiger partial charge in [-0.1, -0.05) is 117 Å². The molecule has 0 heterocycles. The van der Waals surface area contributed by atoms with Crippen molar-refractivity contribution in [2.75, 3.05) is 0 Å². The van der Waals surface area contributed by atoms with Gasteiger partial charge < -0.3 is 0 Å². The van der Waals surface area contributed by atoms with E-state index in [1.54, 1.807) is 10.6 Å². The highest BCUT2D eigenvalue weighted by Gasteiger charge is 2.40. The molecule has 6 heteroatoms. The fraction of sp³-hybridized carbons (Fsp3) is 0.667.